The number of carbonyl (C=O) groups excluding carboxylic acids is 1. The zero-order valence-electron chi connectivity index (χ0n) is 18.4. The number of carbonyl (C=O) groups is 1. The quantitative estimate of drug-likeness (QED) is 0.317. The van der Waals surface area contributed by atoms with E-state index in [2.05, 4.69) is 20.4 Å². The molecule has 1 heterocycles. The van der Waals surface area contributed by atoms with Gasteiger partial charge in [0.15, 0.2) is 17.5 Å². The summed E-state index contributed by atoms with van der Waals surface area (Å²) in [6.45, 7) is 4.16. The van der Waals surface area contributed by atoms with Gasteiger partial charge in [-0.05, 0) is 44.9 Å². The minimum Gasteiger partial charge on any atom is -0.493 e. The van der Waals surface area contributed by atoms with Gasteiger partial charge in [0, 0.05) is 26.7 Å². The minimum absolute atomic E-state index is 0. The highest BCUT2D eigenvalue weighted by Gasteiger charge is 2.27. The highest BCUT2D eigenvalue weighted by molar-refractivity contribution is 14.0. The van der Waals surface area contributed by atoms with Crippen LogP contribution in [0, 0.1) is 0 Å². The lowest BCUT2D eigenvalue weighted by Gasteiger charge is -2.23. The molecule has 0 radical (unpaired) electrons. The van der Waals surface area contributed by atoms with Gasteiger partial charge in [-0.15, -0.1) is 24.0 Å². The zero-order chi connectivity index (χ0) is 22.3. The maximum absolute atomic E-state index is 12.6. The molecule has 11 heteroatoms. The molecule has 0 bridgehead atoms. The maximum atomic E-state index is 12.6. The van der Waals surface area contributed by atoms with Crippen LogP contribution in [0.1, 0.15) is 32.8 Å². The summed E-state index contributed by atoms with van der Waals surface area (Å²) in [6, 6.07) is 4.79. The predicted octanol–water partition coefficient (Wildman–Crippen LogP) is 3.59. The molecule has 1 saturated heterocycles. The Kier molecular flexibility index (Phi) is 10.5. The van der Waals surface area contributed by atoms with E-state index in [0.717, 1.165) is 12.0 Å². The SMILES string of the molecule is CN=C(NCc1ccc(OC)c(OC(F)F)c1)N1CCC(NC(=O)OC(C)(C)C)C1.I. The minimum atomic E-state index is -2.94. The Morgan fingerprint density at radius 1 is 1.32 bits per heavy atom. The first-order valence-electron chi connectivity index (χ1n) is 9.68. The smallest absolute Gasteiger partial charge is 0.407 e. The lowest BCUT2D eigenvalue weighted by molar-refractivity contribution is -0.0512. The molecular weight excluding hydrogens is 525 g/mol. The van der Waals surface area contributed by atoms with Crippen molar-refractivity contribution in [2.75, 3.05) is 27.2 Å². The Labute approximate surface area is 198 Å². The van der Waals surface area contributed by atoms with Crippen molar-refractivity contribution in [3.8, 4) is 11.5 Å². The van der Waals surface area contributed by atoms with Crippen LogP contribution in [0.5, 0.6) is 11.5 Å². The molecule has 1 aliphatic heterocycles. The summed E-state index contributed by atoms with van der Waals surface area (Å²) in [4.78, 5) is 18.2. The summed E-state index contributed by atoms with van der Waals surface area (Å²) in [5.41, 5.74) is 0.181. The number of guanidine groups is 1. The number of alkyl carbamates (subject to hydrolysis) is 1. The normalized spacial score (nSPS) is 16.6. The summed E-state index contributed by atoms with van der Waals surface area (Å²) in [5, 5.41) is 6.08. The van der Waals surface area contributed by atoms with E-state index >= 15 is 0 Å². The first-order chi connectivity index (χ1) is 14.1. The Balaban J connectivity index is 0.00000480. The average molecular weight is 556 g/mol. The molecule has 0 aliphatic carbocycles. The third kappa shape index (κ3) is 8.91. The van der Waals surface area contributed by atoms with Gasteiger partial charge >= 0.3 is 12.7 Å². The highest BCUT2D eigenvalue weighted by atomic mass is 127. The lowest BCUT2D eigenvalue weighted by atomic mass is 10.2. The Bertz CT molecular complexity index is 759. The molecule has 0 spiro atoms. The standard InChI is InChI=1S/C20H30F2N4O4.HI/c1-20(2,3)30-19(27)25-14-8-9-26(12-14)18(23-4)24-11-13-6-7-15(28-5)16(10-13)29-17(21)22;/h6-7,10,14,17H,8-9,11-12H2,1-5H3,(H,23,24)(H,25,27);1H. The molecule has 1 amide bonds. The molecular formula is C20H31F2IN4O4. The summed E-state index contributed by atoms with van der Waals surface area (Å²) in [5.74, 6) is 0.860. The van der Waals surface area contributed by atoms with Crippen LogP contribution < -0.4 is 20.1 Å². The second kappa shape index (κ2) is 12.1. The first kappa shape index (κ1) is 27.0. The molecule has 2 N–H and O–H groups in total. The monoisotopic (exact) mass is 556 g/mol. The van der Waals surface area contributed by atoms with E-state index < -0.39 is 18.3 Å². The van der Waals surface area contributed by atoms with E-state index in [-0.39, 0.29) is 41.5 Å². The number of nitrogens with one attached hydrogen (secondary N) is 2. The molecule has 1 aromatic carbocycles. The summed E-state index contributed by atoms with van der Waals surface area (Å²) < 4.78 is 40.1. The van der Waals surface area contributed by atoms with Crippen molar-refractivity contribution >= 4 is 36.0 Å². The Hall–Kier alpha value is -2.05. The highest BCUT2D eigenvalue weighted by Crippen LogP contribution is 2.29. The summed E-state index contributed by atoms with van der Waals surface area (Å²) in [7, 11) is 3.05. The van der Waals surface area contributed by atoms with E-state index in [1.165, 1.54) is 13.2 Å². The fourth-order valence-corrected chi connectivity index (χ4v) is 3.08. The Morgan fingerprint density at radius 3 is 2.61 bits per heavy atom. The number of halogens is 3. The van der Waals surface area contributed by atoms with Gasteiger partial charge < -0.3 is 29.7 Å². The number of benzene rings is 1. The van der Waals surface area contributed by atoms with Gasteiger partial charge in [0.25, 0.3) is 0 Å². The third-order valence-corrected chi connectivity index (χ3v) is 4.32. The van der Waals surface area contributed by atoms with Gasteiger partial charge in [-0.25, -0.2) is 4.79 Å². The molecule has 0 aromatic heterocycles. The van der Waals surface area contributed by atoms with Crippen molar-refractivity contribution in [2.45, 2.75) is 52.0 Å². The summed E-state index contributed by atoms with van der Waals surface area (Å²) in [6.07, 6.45) is 0.316. The lowest BCUT2D eigenvalue weighted by Crippen LogP contribution is -2.44. The largest absolute Gasteiger partial charge is 0.493 e. The molecule has 176 valence electrons. The van der Waals surface area contributed by atoms with Crippen molar-refractivity contribution in [3.63, 3.8) is 0 Å². The van der Waals surface area contributed by atoms with Crippen molar-refractivity contribution in [1.82, 2.24) is 15.5 Å². The van der Waals surface area contributed by atoms with Crippen LogP contribution >= 0.6 is 24.0 Å². The Morgan fingerprint density at radius 2 is 2.03 bits per heavy atom. The van der Waals surface area contributed by atoms with Crippen molar-refractivity contribution in [1.29, 1.82) is 0 Å². The number of methoxy groups -OCH3 is 1. The van der Waals surface area contributed by atoms with Gasteiger partial charge in [-0.1, -0.05) is 6.07 Å². The van der Waals surface area contributed by atoms with Gasteiger partial charge in [0.1, 0.15) is 5.60 Å². The van der Waals surface area contributed by atoms with Gasteiger partial charge in [0.05, 0.1) is 13.2 Å². The first-order valence-corrected chi connectivity index (χ1v) is 9.68. The molecule has 0 saturated carbocycles. The van der Waals surface area contributed by atoms with E-state index in [0.29, 0.717) is 25.6 Å². The van der Waals surface area contributed by atoms with Crippen LogP contribution in [-0.4, -0.2) is 62.5 Å². The maximum Gasteiger partial charge on any atom is 0.407 e. The molecule has 1 unspecified atom stereocenters. The number of rotatable bonds is 6. The van der Waals surface area contributed by atoms with Crippen LogP contribution in [0.3, 0.4) is 0 Å². The van der Waals surface area contributed by atoms with Crippen molar-refractivity contribution in [3.05, 3.63) is 23.8 Å². The van der Waals surface area contributed by atoms with Crippen molar-refractivity contribution < 1.29 is 27.8 Å². The molecule has 1 aromatic rings. The van der Waals surface area contributed by atoms with E-state index in [1.807, 2.05) is 25.7 Å². The van der Waals surface area contributed by atoms with E-state index in [1.54, 1.807) is 19.2 Å². The number of alkyl halides is 2. The second-order valence-electron chi connectivity index (χ2n) is 7.84. The number of ether oxygens (including phenoxy) is 3. The van der Waals surface area contributed by atoms with Crippen LogP contribution in [0.15, 0.2) is 23.2 Å². The number of hydrogen-bond donors (Lipinski definition) is 2. The topological polar surface area (TPSA) is 84.4 Å². The molecule has 1 aliphatic rings. The number of nitrogens with zero attached hydrogens (tertiary/aromatic N) is 2. The van der Waals surface area contributed by atoms with E-state index in [9.17, 15) is 13.6 Å². The average Bonchev–Trinajstić information content (AvgIpc) is 3.08. The number of hydrogen-bond acceptors (Lipinski definition) is 5. The number of amides is 1. The fraction of sp³-hybridized carbons (Fsp3) is 0.600. The third-order valence-electron chi connectivity index (χ3n) is 4.32. The zero-order valence-corrected chi connectivity index (χ0v) is 20.7. The summed E-state index contributed by atoms with van der Waals surface area (Å²) >= 11 is 0. The van der Waals surface area contributed by atoms with E-state index in [4.69, 9.17) is 9.47 Å². The second-order valence-corrected chi connectivity index (χ2v) is 7.84. The van der Waals surface area contributed by atoms with Gasteiger partial charge in [0.2, 0.25) is 0 Å². The van der Waals surface area contributed by atoms with Gasteiger partial charge in [-0.2, -0.15) is 8.78 Å². The molecule has 1 fully saturated rings. The van der Waals surface area contributed by atoms with Gasteiger partial charge in [-0.3, -0.25) is 4.99 Å². The van der Waals surface area contributed by atoms with Crippen molar-refractivity contribution in [2.24, 2.45) is 4.99 Å². The molecule has 31 heavy (non-hydrogen) atoms. The molecule has 1 atom stereocenters. The molecule has 8 nitrogen and oxygen atoms in total. The predicted molar refractivity (Wildman–Crippen MR) is 125 cm³/mol. The fourth-order valence-electron chi connectivity index (χ4n) is 3.08. The number of aliphatic imine (C=N–C) groups is 1. The van der Waals surface area contributed by atoms with Crippen LogP contribution in [0.4, 0.5) is 13.6 Å². The van der Waals surface area contributed by atoms with Crippen LogP contribution in [0.25, 0.3) is 0 Å². The molecule has 2 rings (SSSR count). The number of likely N-dealkylation sites (tertiary alicyclic amines) is 1. The van der Waals surface area contributed by atoms with Crippen LogP contribution in [0.2, 0.25) is 0 Å². The van der Waals surface area contributed by atoms with Crippen LogP contribution in [-0.2, 0) is 11.3 Å².